The molecule has 3 saturated carbocycles. The number of benzene rings is 2. The van der Waals surface area contributed by atoms with Gasteiger partial charge in [-0.25, -0.2) is 0 Å². The van der Waals surface area contributed by atoms with Crippen molar-refractivity contribution < 1.29 is 84.9 Å². The van der Waals surface area contributed by atoms with E-state index < -0.39 is 54.1 Å². The lowest BCUT2D eigenvalue weighted by Gasteiger charge is -2.58. The summed E-state index contributed by atoms with van der Waals surface area (Å²) in [6.45, 7) is 9.59. The van der Waals surface area contributed by atoms with Gasteiger partial charge in [-0.15, -0.1) is 0 Å². The van der Waals surface area contributed by atoms with E-state index in [1.54, 1.807) is 24.3 Å². The molecule has 2 aromatic carbocycles. The van der Waals surface area contributed by atoms with Crippen LogP contribution in [0, 0.1) is 46.3 Å². The quantitative estimate of drug-likeness (QED) is 0.0388. The molecule has 0 unspecified atom stereocenters. The molecule has 410 valence electrons. The molecule has 0 amide bonds. The van der Waals surface area contributed by atoms with E-state index in [1.165, 1.54) is 56.7 Å². The van der Waals surface area contributed by atoms with Gasteiger partial charge in [0.2, 0.25) is 0 Å². The molecule has 8 atom stereocenters. The molecule has 73 heavy (non-hydrogen) atoms. The fourth-order valence-corrected chi connectivity index (χ4v) is 12.3. The molecule has 4 aliphatic rings. The van der Waals surface area contributed by atoms with Gasteiger partial charge >= 0.3 is 47.7 Å². The lowest BCUT2D eigenvalue weighted by atomic mass is 9.47. The number of hydrogen-bond donors (Lipinski definition) is 0. The number of nitrogens with zero attached hydrogens (tertiary/aromatic N) is 1. The molecule has 0 bridgehead atoms. The number of rotatable bonds is 22. The highest BCUT2D eigenvalue weighted by Crippen LogP contribution is 2.68. The van der Waals surface area contributed by atoms with Gasteiger partial charge in [-0.05, 0) is 158 Å². The second-order valence-electron chi connectivity index (χ2n) is 21.6. The molecule has 0 aromatic heterocycles. The molecule has 0 N–H and O–H groups in total. The van der Waals surface area contributed by atoms with E-state index in [0.29, 0.717) is 42.1 Å². The molecule has 2 aromatic rings. The first-order valence-corrected chi connectivity index (χ1v) is 25.0. The Balaban J connectivity index is 0.903. The first-order chi connectivity index (χ1) is 33.7. The topological polar surface area (TPSA) is 57.1 Å². The van der Waals surface area contributed by atoms with Crippen LogP contribution in [-0.2, 0) is 9.53 Å². The molecule has 0 radical (unpaired) electrons. The van der Waals surface area contributed by atoms with Gasteiger partial charge < -0.3 is 14.2 Å². The molecule has 0 aliphatic heterocycles. The summed E-state index contributed by atoms with van der Waals surface area (Å²) in [5, 5.41) is 0. The average molecular weight is 1060 g/mol. The largest absolute Gasteiger partial charge is 0.494 e. The summed E-state index contributed by atoms with van der Waals surface area (Å²) in [5.41, 5.74) is 2.66. The van der Waals surface area contributed by atoms with Crippen molar-refractivity contribution in [3.63, 3.8) is 0 Å². The van der Waals surface area contributed by atoms with E-state index in [1.807, 2.05) is 0 Å². The molecule has 3 fully saturated rings. The van der Waals surface area contributed by atoms with Gasteiger partial charge in [-0.2, -0.15) is 65.9 Å². The van der Waals surface area contributed by atoms with E-state index in [-0.39, 0.29) is 29.6 Å². The molecular formula is C53H64F15NO4. The standard InChI is InChI=1S/C53H64F15NO4/c1-32(2)9-8-10-33(3)41-22-23-42-40-21-14-35-29-39(24-26-45(35,4)43(40)25-27-46(41,42)5)73-44(70)11-6-7-28-71-37-17-12-34(13-18-37)30-69-36-15-19-38(20-16-36)72-31-47(54,55)48(56,57)49(58,59)50(60,61)51(62,63)52(64,65)53(66,67)68/h12-20,30,32-33,39-43H,6-11,21-29,31H2,1-5H3/t33-,39+,40+,41-,42+,43+,45+,46-/m1/s1. The Morgan fingerprint density at radius 1 is 0.685 bits per heavy atom. The van der Waals surface area contributed by atoms with Gasteiger partial charge in [0.15, 0.2) is 6.61 Å². The number of carbonyl (C=O) groups is 1. The Hall–Kier alpha value is -4.13. The van der Waals surface area contributed by atoms with Crippen LogP contribution in [0.1, 0.15) is 130 Å². The zero-order valence-corrected chi connectivity index (χ0v) is 41.4. The number of aliphatic imine (C=N–C) groups is 1. The van der Waals surface area contributed by atoms with E-state index in [4.69, 9.17) is 9.47 Å². The van der Waals surface area contributed by atoms with Crippen LogP contribution in [0.2, 0.25) is 0 Å². The van der Waals surface area contributed by atoms with Crippen molar-refractivity contribution in [2.75, 3.05) is 13.2 Å². The smallest absolute Gasteiger partial charge is 0.460 e. The lowest BCUT2D eigenvalue weighted by molar-refractivity contribution is -0.453. The van der Waals surface area contributed by atoms with Crippen LogP contribution in [0.5, 0.6) is 11.5 Å². The maximum Gasteiger partial charge on any atom is 0.460 e. The predicted molar refractivity (Wildman–Crippen MR) is 244 cm³/mol. The van der Waals surface area contributed by atoms with Crippen molar-refractivity contribution in [3.8, 4) is 11.5 Å². The van der Waals surface area contributed by atoms with Gasteiger partial charge in [-0.1, -0.05) is 65.5 Å². The van der Waals surface area contributed by atoms with Crippen LogP contribution in [0.4, 0.5) is 71.5 Å². The van der Waals surface area contributed by atoms with Crippen LogP contribution in [0.15, 0.2) is 65.2 Å². The second-order valence-corrected chi connectivity index (χ2v) is 21.6. The molecule has 0 saturated heterocycles. The summed E-state index contributed by atoms with van der Waals surface area (Å²) in [6, 6.07) is 10.1. The lowest BCUT2D eigenvalue weighted by Crippen LogP contribution is -2.73. The number of halogens is 15. The fraction of sp³-hybridized carbons (Fsp3) is 0.698. The van der Waals surface area contributed by atoms with E-state index in [9.17, 15) is 70.7 Å². The van der Waals surface area contributed by atoms with Crippen LogP contribution in [-0.4, -0.2) is 73.2 Å². The van der Waals surface area contributed by atoms with Crippen molar-refractivity contribution in [3.05, 3.63) is 65.7 Å². The van der Waals surface area contributed by atoms with E-state index in [2.05, 4.69) is 50.4 Å². The third-order valence-electron chi connectivity index (χ3n) is 16.5. The van der Waals surface area contributed by atoms with Crippen molar-refractivity contribution in [1.29, 1.82) is 0 Å². The number of unbranched alkanes of at least 4 members (excludes halogenated alkanes) is 1. The monoisotopic (exact) mass is 1060 g/mol. The first-order valence-electron chi connectivity index (χ1n) is 25.0. The van der Waals surface area contributed by atoms with Crippen LogP contribution < -0.4 is 9.47 Å². The predicted octanol–water partition coefficient (Wildman–Crippen LogP) is 16.7. The zero-order chi connectivity index (χ0) is 54.2. The van der Waals surface area contributed by atoms with Crippen LogP contribution >= 0.6 is 0 Å². The minimum absolute atomic E-state index is 0.0787. The van der Waals surface area contributed by atoms with Gasteiger partial charge in [0, 0.05) is 19.1 Å². The number of fused-ring (bicyclic) bond motifs is 5. The van der Waals surface area contributed by atoms with E-state index >= 15 is 0 Å². The summed E-state index contributed by atoms with van der Waals surface area (Å²) < 4.78 is 218. The number of alkyl halides is 15. The summed E-state index contributed by atoms with van der Waals surface area (Å²) in [5.74, 6) is -43.1. The maximum atomic E-state index is 14.2. The molecule has 0 heterocycles. The van der Waals surface area contributed by atoms with Crippen LogP contribution in [0.3, 0.4) is 0 Å². The van der Waals surface area contributed by atoms with Gasteiger partial charge in [-0.3, -0.25) is 9.79 Å². The van der Waals surface area contributed by atoms with Gasteiger partial charge in [0.25, 0.3) is 0 Å². The molecular weight excluding hydrogens is 1000 g/mol. The Morgan fingerprint density at radius 2 is 1.29 bits per heavy atom. The van der Waals surface area contributed by atoms with Crippen LogP contribution in [0.25, 0.3) is 0 Å². The summed E-state index contributed by atoms with van der Waals surface area (Å²) in [6.07, 6.45) is 10.5. The van der Waals surface area contributed by atoms with Gasteiger partial charge in [0.1, 0.15) is 17.6 Å². The number of esters is 1. The minimum atomic E-state index is -8.36. The fourth-order valence-electron chi connectivity index (χ4n) is 12.3. The Bertz CT molecular complexity index is 2250. The minimum Gasteiger partial charge on any atom is -0.494 e. The zero-order valence-electron chi connectivity index (χ0n) is 41.4. The third-order valence-corrected chi connectivity index (χ3v) is 16.5. The highest BCUT2D eigenvalue weighted by atomic mass is 19.4. The highest BCUT2D eigenvalue weighted by molar-refractivity contribution is 5.82. The third kappa shape index (κ3) is 11.4. The molecule has 5 nitrogen and oxygen atoms in total. The number of ether oxygens (including phenoxy) is 3. The summed E-state index contributed by atoms with van der Waals surface area (Å²) >= 11 is 0. The number of carbonyl (C=O) groups excluding carboxylic acids is 1. The van der Waals surface area contributed by atoms with Crippen molar-refractivity contribution >= 4 is 17.9 Å². The van der Waals surface area contributed by atoms with Crippen molar-refractivity contribution in [1.82, 2.24) is 0 Å². The van der Waals surface area contributed by atoms with Crippen molar-refractivity contribution in [2.45, 2.75) is 172 Å². The van der Waals surface area contributed by atoms with E-state index in [0.717, 1.165) is 79.5 Å². The average Bonchev–Trinajstić information content (AvgIpc) is 3.67. The molecule has 4 aliphatic carbocycles. The van der Waals surface area contributed by atoms with Gasteiger partial charge in [0.05, 0.1) is 12.3 Å². The van der Waals surface area contributed by atoms with Crippen molar-refractivity contribution in [2.24, 2.45) is 51.3 Å². The molecule has 6 rings (SSSR count). The molecule has 0 spiro atoms. The number of hydrogen-bond acceptors (Lipinski definition) is 5. The normalized spacial score (nSPS) is 26.8. The number of allylic oxidation sites excluding steroid dienone is 1. The summed E-state index contributed by atoms with van der Waals surface area (Å²) in [4.78, 5) is 17.0. The Kier molecular flexibility index (Phi) is 17.1. The Morgan fingerprint density at radius 3 is 1.92 bits per heavy atom. The first kappa shape index (κ1) is 58.1. The Labute approximate surface area is 416 Å². The summed E-state index contributed by atoms with van der Waals surface area (Å²) in [7, 11) is 0. The SMILES string of the molecule is CC(C)CCC[C@@H](C)[C@H]1CC[C@H]2[C@@H]3CC=C4C[C@@H](OC(=O)CCCCOc5ccc(C=Nc6ccc(OCC(F)(F)C(F)(F)C(F)(F)C(F)(F)C(F)(F)C(F)(F)C(F)(F)F)cc6)cc5)CC[C@]4(C)[C@H]3CC[C@]12C. The molecule has 20 heteroatoms. The maximum absolute atomic E-state index is 14.2. The highest BCUT2D eigenvalue weighted by Gasteiger charge is 2.93. The second kappa shape index (κ2) is 21.5.